The molecular weight excluding hydrogens is 254 g/mol. The molecule has 20 heavy (non-hydrogen) atoms. The van der Waals surface area contributed by atoms with Crippen LogP contribution >= 0.6 is 0 Å². The van der Waals surface area contributed by atoms with Gasteiger partial charge in [-0.25, -0.2) is 0 Å². The first-order valence-electron chi connectivity index (χ1n) is 6.81. The molecular formula is C16H17NO3. The molecule has 1 aromatic carbocycles. The van der Waals surface area contributed by atoms with Crippen LogP contribution in [0.3, 0.4) is 0 Å². The van der Waals surface area contributed by atoms with Crippen LogP contribution in [0, 0.1) is 0 Å². The second-order valence-corrected chi connectivity index (χ2v) is 4.82. The van der Waals surface area contributed by atoms with Gasteiger partial charge in [-0.1, -0.05) is 30.3 Å². The van der Waals surface area contributed by atoms with Crippen molar-refractivity contribution in [2.45, 2.75) is 32.8 Å². The molecule has 0 fully saturated rings. The molecule has 4 heteroatoms. The molecule has 2 aromatic rings. The van der Waals surface area contributed by atoms with Crippen LogP contribution in [-0.4, -0.2) is 4.57 Å². The number of nitrogens with zero attached hydrogens (tertiary/aromatic N) is 1. The highest BCUT2D eigenvalue weighted by atomic mass is 16.7. The van der Waals surface area contributed by atoms with E-state index in [0.29, 0.717) is 5.75 Å². The summed E-state index contributed by atoms with van der Waals surface area (Å²) in [6.45, 7) is 4.75. The zero-order valence-electron chi connectivity index (χ0n) is 11.6. The number of hydrogen-bond acceptors (Lipinski definition) is 3. The maximum Gasteiger partial charge on any atom is 0.227 e. The number of rotatable bonds is 2. The van der Waals surface area contributed by atoms with Crippen molar-refractivity contribution in [2.75, 3.05) is 0 Å². The molecule has 0 spiro atoms. The normalized spacial score (nSPS) is 21.1. The van der Waals surface area contributed by atoms with Crippen LogP contribution in [-0.2, 0) is 11.3 Å². The average molecular weight is 271 g/mol. The molecule has 0 bridgehead atoms. The van der Waals surface area contributed by atoms with Crippen LogP contribution in [0.1, 0.15) is 37.5 Å². The minimum atomic E-state index is -0.529. The summed E-state index contributed by atoms with van der Waals surface area (Å²) in [7, 11) is 0. The van der Waals surface area contributed by atoms with E-state index in [0.717, 1.165) is 17.8 Å². The minimum absolute atomic E-state index is 0.0965. The summed E-state index contributed by atoms with van der Waals surface area (Å²) in [5.74, 6) is 0.405. The van der Waals surface area contributed by atoms with Gasteiger partial charge in [-0.3, -0.25) is 4.79 Å². The molecule has 2 atom stereocenters. The van der Waals surface area contributed by atoms with Crippen molar-refractivity contribution in [3.63, 3.8) is 0 Å². The van der Waals surface area contributed by atoms with Crippen molar-refractivity contribution in [1.29, 1.82) is 0 Å². The van der Waals surface area contributed by atoms with Crippen LogP contribution in [0.25, 0.3) is 0 Å². The fraction of sp³-hybridized carbons (Fsp3) is 0.312. The summed E-state index contributed by atoms with van der Waals surface area (Å²) in [6, 6.07) is 11.2. The Morgan fingerprint density at radius 3 is 2.65 bits per heavy atom. The van der Waals surface area contributed by atoms with Crippen molar-refractivity contribution in [2.24, 2.45) is 0 Å². The molecule has 2 heterocycles. The van der Waals surface area contributed by atoms with Crippen LogP contribution in [0.15, 0.2) is 47.4 Å². The van der Waals surface area contributed by atoms with Gasteiger partial charge in [0.2, 0.25) is 11.7 Å². The summed E-state index contributed by atoms with van der Waals surface area (Å²) < 4.78 is 13.7. The zero-order valence-corrected chi connectivity index (χ0v) is 11.6. The van der Waals surface area contributed by atoms with Gasteiger partial charge in [0, 0.05) is 24.4 Å². The Kier molecular flexibility index (Phi) is 3.32. The summed E-state index contributed by atoms with van der Waals surface area (Å²) in [4.78, 5) is 12.1. The molecule has 3 rings (SSSR count). The Labute approximate surface area is 117 Å². The van der Waals surface area contributed by atoms with Gasteiger partial charge < -0.3 is 14.0 Å². The largest absolute Gasteiger partial charge is 0.455 e. The number of benzene rings is 1. The van der Waals surface area contributed by atoms with Crippen molar-refractivity contribution >= 4 is 0 Å². The van der Waals surface area contributed by atoms with Crippen LogP contribution in [0.5, 0.6) is 5.75 Å². The van der Waals surface area contributed by atoms with E-state index in [4.69, 9.17) is 9.47 Å². The quantitative estimate of drug-likeness (QED) is 0.843. The Morgan fingerprint density at radius 1 is 1.20 bits per heavy atom. The number of fused-ring (bicyclic) bond motifs is 1. The van der Waals surface area contributed by atoms with Crippen molar-refractivity contribution in [3.05, 3.63) is 64.1 Å². The summed E-state index contributed by atoms with van der Waals surface area (Å²) in [5, 5.41) is 0. The van der Waals surface area contributed by atoms with Gasteiger partial charge in [0.15, 0.2) is 5.75 Å². The molecule has 0 unspecified atom stereocenters. The smallest absolute Gasteiger partial charge is 0.227 e. The fourth-order valence-corrected chi connectivity index (χ4v) is 2.52. The van der Waals surface area contributed by atoms with Gasteiger partial charge in [0.05, 0.1) is 5.69 Å². The average Bonchev–Trinajstić information content (AvgIpc) is 2.49. The summed E-state index contributed by atoms with van der Waals surface area (Å²) in [6.07, 6.45) is 1.07. The first kappa shape index (κ1) is 12.9. The van der Waals surface area contributed by atoms with E-state index in [9.17, 15) is 4.79 Å². The number of pyridine rings is 1. The van der Waals surface area contributed by atoms with Crippen molar-refractivity contribution < 1.29 is 9.47 Å². The molecule has 1 aliphatic rings. The maximum atomic E-state index is 12.1. The molecule has 0 amide bonds. The van der Waals surface area contributed by atoms with Crippen LogP contribution < -0.4 is 10.2 Å². The van der Waals surface area contributed by atoms with Crippen molar-refractivity contribution in [3.8, 4) is 5.75 Å². The first-order valence-corrected chi connectivity index (χ1v) is 6.81. The SMILES string of the molecule is CCn1ccc(=O)c2c1[C@H](C)O[C@H](c1ccccc1)O2. The molecule has 1 aromatic heterocycles. The molecule has 0 N–H and O–H groups in total. The summed E-state index contributed by atoms with van der Waals surface area (Å²) >= 11 is 0. The second kappa shape index (κ2) is 5.13. The summed E-state index contributed by atoms with van der Waals surface area (Å²) in [5.41, 5.74) is 1.63. The minimum Gasteiger partial charge on any atom is -0.455 e. The lowest BCUT2D eigenvalue weighted by Gasteiger charge is -2.32. The standard InChI is InChI=1S/C16H17NO3/c1-3-17-10-9-13(18)15-14(17)11(2)19-16(20-15)12-7-5-4-6-8-12/h4-11,16H,3H2,1-2H3/t11-,16-/m0/s1. The fourth-order valence-electron chi connectivity index (χ4n) is 2.52. The Morgan fingerprint density at radius 2 is 1.95 bits per heavy atom. The Hall–Kier alpha value is -2.07. The highest BCUT2D eigenvalue weighted by Crippen LogP contribution is 2.37. The van der Waals surface area contributed by atoms with E-state index >= 15 is 0 Å². The van der Waals surface area contributed by atoms with E-state index in [1.54, 1.807) is 12.3 Å². The maximum absolute atomic E-state index is 12.1. The number of aryl methyl sites for hydroxylation is 1. The van der Waals surface area contributed by atoms with E-state index < -0.39 is 6.29 Å². The number of ether oxygens (including phenoxy) is 2. The Bertz CT molecular complexity index is 663. The van der Waals surface area contributed by atoms with Gasteiger partial charge in [-0.2, -0.15) is 0 Å². The molecule has 0 aliphatic carbocycles. The first-order chi connectivity index (χ1) is 9.70. The lowest BCUT2D eigenvalue weighted by molar-refractivity contribution is -0.142. The van der Waals surface area contributed by atoms with Gasteiger partial charge in [-0.05, 0) is 13.8 Å². The topological polar surface area (TPSA) is 40.5 Å². The molecule has 1 aliphatic heterocycles. The predicted octanol–water partition coefficient (Wildman–Crippen LogP) is 3.04. The third-order valence-electron chi connectivity index (χ3n) is 3.52. The molecule has 0 saturated heterocycles. The van der Waals surface area contributed by atoms with Gasteiger partial charge in [0.25, 0.3) is 0 Å². The molecule has 0 radical (unpaired) electrons. The van der Waals surface area contributed by atoms with Gasteiger partial charge in [0.1, 0.15) is 6.10 Å². The molecule has 104 valence electrons. The number of hydrogen-bond donors (Lipinski definition) is 0. The highest BCUT2D eigenvalue weighted by Gasteiger charge is 2.30. The monoisotopic (exact) mass is 271 g/mol. The Balaban J connectivity index is 2.05. The highest BCUT2D eigenvalue weighted by molar-refractivity contribution is 5.33. The van der Waals surface area contributed by atoms with Gasteiger partial charge in [-0.15, -0.1) is 0 Å². The van der Waals surface area contributed by atoms with Crippen molar-refractivity contribution in [1.82, 2.24) is 4.57 Å². The lowest BCUT2D eigenvalue weighted by Crippen LogP contribution is -2.28. The van der Waals surface area contributed by atoms with E-state index in [2.05, 4.69) is 0 Å². The lowest BCUT2D eigenvalue weighted by atomic mass is 10.1. The van der Waals surface area contributed by atoms with Crippen LogP contribution in [0.4, 0.5) is 0 Å². The second-order valence-electron chi connectivity index (χ2n) is 4.82. The van der Waals surface area contributed by atoms with E-state index in [1.165, 1.54) is 0 Å². The van der Waals surface area contributed by atoms with E-state index in [1.807, 2.05) is 48.7 Å². The number of aromatic nitrogens is 1. The zero-order chi connectivity index (χ0) is 14.1. The predicted molar refractivity (Wildman–Crippen MR) is 75.7 cm³/mol. The van der Waals surface area contributed by atoms with E-state index in [-0.39, 0.29) is 11.5 Å². The third kappa shape index (κ3) is 2.12. The third-order valence-corrected chi connectivity index (χ3v) is 3.52. The molecule has 4 nitrogen and oxygen atoms in total. The molecule has 0 saturated carbocycles. The van der Waals surface area contributed by atoms with Gasteiger partial charge >= 0.3 is 0 Å². The van der Waals surface area contributed by atoms with Crippen LogP contribution in [0.2, 0.25) is 0 Å².